The number of hydrogen-bond acceptors (Lipinski definition) is 5. The number of fused-ring (bicyclic) bond motifs is 1. The number of piperidine rings is 1. The van der Waals surface area contributed by atoms with Crippen molar-refractivity contribution < 1.29 is 18.0 Å². The lowest BCUT2D eigenvalue weighted by Gasteiger charge is -2.41. The molecule has 0 spiro atoms. The molecular formula is C30H33F3N6O. The molecule has 1 amide bonds. The Morgan fingerprint density at radius 1 is 1.15 bits per heavy atom. The van der Waals surface area contributed by atoms with Crippen molar-refractivity contribution in [3.05, 3.63) is 76.4 Å². The second-order valence-corrected chi connectivity index (χ2v) is 11.3. The van der Waals surface area contributed by atoms with E-state index in [2.05, 4.69) is 28.6 Å². The van der Waals surface area contributed by atoms with E-state index in [9.17, 15) is 18.0 Å². The van der Waals surface area contributed by atoms with Crippen LogP contribution in [0.3, 0.4) is 0 Å². The van der Waals surface area contributed by atoms with Crippen molar-refractivity contribution in [2.45, 2.75) is 63.7 Å². The maximum absolute atomic E-state index is 14.2. The third-order valence-corrected chi connectivity index (χ3v) is 8.61. The molecule has 3 aliphatic rings. The Morgan fingerprint density at radius 2 is 1.93 bits per heavy atom. The Balaban J connectivity index is 0.00000158. The Labute approximate surface area is 232 Å². The summed E-state index contributed by atoms with van der Waals surface area (Å²) in [6.07, 6.45) is 2.20. The van der Waals surface area contributed by atoms with Crippen LogP contribution in [0.4, 0.5) is 18.9 Å². The molecule has 3 aromatic rings. The minimum Gasteiger partial charge on any atom is -0.320 e. The third kappa shape index (κ3) is 4.87. The van der Waals surface area contributed by atoms with Crippen LogP contribution in [0.2, 0.25) is 0 Å². The van der Waals surface area contributed by atoms with Gasteiger partial charge in [-0.2, -0.15) is 13.2 Å². The molecule has 1 saturated carbocycles. The number of hydrogen-bond donors (Lipinski definition) is 0. The normalized spacial score (nSPS) is 20.4. The fourth-order valence-electron chi connectivity index (χ4n) is 6.57. The molecule has 1 aromatic heterocycles. The van der Waals surface area contributed by atoms with Gasteiger partial charge in [-0.3, -0.25) is 9.69 Å². The number of anilines is 1. The van der Waals surface area contributed by atoms with Gasteiger partial charge in [-0.05, 0) is 79.1 Å². The van der Waals surface area contributed by atoms with E-state index in [-0.39, 0.29) is 29.0 Å². The number of carbonyl (C=O) groups is 1. The number of carbonyl (C=O) groups excluding carboxylic acids is 1. The van der Waals surface area contributed by atoms with E-state index in [1.807, 2.05) is 29.8 Å². The fraction of sp³-hybridized carbons (Fsp3) is 0.467. The average molecular weight is 551 g/mol. The van der Waals surface area contributed by atoms with Crippen molar-refractivity contribution in [2.24, 2.45) is 13.0 Å². The lowest BCUT2D eigenvalue weighted by atomic mass is 9.63. The number of alkyl halides is 3. The summed E-state index contributed by atoms with van der Waals surface area (Å²) in [7, 11) is 1.92. The van der Waals surface area contributed by atoms with Gasteiger partial charge in [-0.15, -0.1) is 10.2 Å². The smallest absolute Gasteiger partial charge is 0.320 e. The van der Waals surface area contributed by atoms with Gasteiger partial charge in [0.05, 0.1) is 17.5 Å². The number of halogens is 3. The molecule has 210 valence electrons. The van der Waals surface area contributed by atoms with E-state index < -0.39 is 11.7 Å². The van der Waals surface area contributed by atoms with E-state index in [1.165, 1.54) is 11.0 Å². The zero-order valence-electron chi connectivity index (χ0n) is 22.8. The molecule has 10 heteroatoms. The number of rotatable bonds is 5. The zero-order valence-corrected chi connectivity index (χ0v) is 22.8. The van der Waals surface area contributed by atoms with Gasteiger partial charge in [0.2, 0.25) is 0 Å². The van der Waals surface area contributed by atoms with Crippen molar-refractivity contribution in [3.63, 3.8) is 0 Å². The molecule has 0 N–H and O–H groups in total. The van der Waals surface area contributed by atoms with E-state index in [1.54, 1.807) is 18.5 Å². The molecule has 1 saturated heterocycles. The SMILES string of the molecule is C#N.C[C@H]1CCCN(Cc2cc3c(c(C(F)(F)F)c2)CN(c2cccc(C4(c5nncn5C)CCC4)c2)C3=O)C1. The van der Waals surface area contributed by atoms with Gasteiger partial charge < -0.3 is 9.47 Å². The van der Waals surface area contributed by atoms with E-state index in [0.29, 0.717) is 23.7 Å². The third-order valence-electron chi connectivity index (χ3n) is 8.61. The van der Waals surface area contributed by atoms with Crippen LogP contribution >= 0.6 is 0 Å². The van der Waals surface area contributed by atoms with Crippen LogP contribution in [-0.2, 0) is 31.7 Å². The second-order valence-electron chi connectivity index (χ2n) is 11.3. The highest BCUT2D eigenvalue weighted by molar-refractivity contribution is 6.10. The summed E-state index contributed by atoms with van der Waals surface area (Å²) >= 11 is 0. The zero-order chi connectivity index (χ0) is 28.7. The van der Waals surface area contributed by atoms with Gasteiger partial charge in [-0.25, -0.2) is 5.26 Å². The van der Waals surface area contributed by atoms with Gasteiger partial charge in [-0.1, -0.05) is 25.5 Å². The number of nitrogens with zero attached hydrogens (tertiary/aromatic N) is 6. The van der Waals surface area contributed by atoms with Gasteiger partial charge >= 0.3 is 6.18 Å². The maximum Gasteiger partial charge on any atom is 0.416 e. The Hall–Kier alpha value is -3.71. The molecule has 1 aliphatic carbocycles. The summed E-state index contributed by atoms with van der Waals surface area (Å²) in [6, 6.07) is 10.6. The molecule has 6 rings (SSSR count). The quantitative estimate of drug-likeness (QED) is 0.399. The molecule has 0 bridgehead atoms. The van der Waals surface area contributed by atoms with Crippen LogP contribution in [0, 0.1) is 17.8 Å². The molecular weight excluding hydrogens is 517 g/mol. The van der Waals surface area contributed by atoms with Crippen LogP contribution in [0.5, 0.6) is 0 Å². The summed E-state index contributed by atoms with van der Waals surface area (Å²) in [5.74, 6) is 1.01. The first kappa shape index (κ1) is 27.8. The highest BCUT2D eigenvalue weighted by Crippen LogP contribution is 2.49. The standard InChI is InChI=1S/C29H32F3N5O.CHN/c1-19-6-4-11-36(15-19)16-20-12-23-24(25(13-20)29(30,31)32)17-37(26(23)38)22-8-3-7-21(14-22)28(9-5-10-28)27-34-33-18-35(27)2;1-2/h3,7-8,12-14,18-19H,4-6,9-11,15-17H2,1-2H3;1H/t19-;/m0./s1. The minimum atomic E-state index is -4.53. The number of likely N-dealkylation sites (tertiary alicyclic amines) is 1. The minimum absolute atomic E-state index is 0.0651. The van der Waals surface area contributed by atoms with Gasteiger partial charge in [0.1, 0.15) is 12.2 Å². The molecule has 1 atom stereocenters. The van der Waals surface area contributed by atoms with Gasteiger partial charge in [0.25, 0.3) is 5.91 Å². The van der Waals surface area contributed by atoms with Crippen LogP contribution in [0.1, 0.15) is 77.5 Å². The second kappa shape index (κ2) is 10.7. The molecule has 2 fully saturated rings. The highest BCUT2D eigenvalue weighted by atomic mass is 19.4. The topological polar surface area (TPSA) is 78.1 Å². The molecule has 7 nitrogen and oxygen atoms in total. The molecule has 2 aliphatic heterocycles. The molecule has 3 heterocycles. The predicted molar refractivity (Wildman–Crippen MR) is 144 cm³/mol. The summed E-state index contributed by atoms with van der Waals surface area (Å²) in [5.41, 5.74) is 1.40. The largest absolute Gasteiger partial charge is 0.416 e. The number of benzene rings is 2. The maximum atomic E-state index is 14.2. The summed E-state index contributed by atoms with van der Waals surface area (Å²) < 4.78 is 44.6. The molecule has 2 aromatic carbocycles. The lowest BCUT2D eigenvalue weighted by molar-refractivity contribution is -0.138. The summed E-state index contributed by atoms with van der Waals surface area (Å²) in [4.78, 5) is 17.3. The van der Waals surface area contributed by atoms with Crippen LogP contribution in [0.25, 0.3) is 0 Å². The first-order valence-electron chi connectivity index (χ1n) is 13.6. The molecule has 0 radical (unpaired) electrons. The monoisotopic (exact) mass is 550 g/mol. The van der Waals surface area contributed by atoms with E-state index >= 15 is 0 Å². The first-order valence-corrected chi connectivity index (χ1v) is 13.6. The van der Waals surface area contributed by atoms with Crippen molar-refractivity contribution >= 4 is 11.6 Å². The lowest BCUT2D eigenvalue weighted by Crippen LogP contribution is -2.38. The van der Waals surface area contributed by atoms with Crippen LogP contribution in [-0.4, -0.2) is 38.7 Å². The predicted octanol–water partition coefficient (Wildman–Crippen LogP) is 5.84. The van der Waals surface area contributed by atoms with Crippen LogP contribution in [0.15, 0.2) is 42.7 Å². The average Bonchev–Trinajstić information content (AvgIpc) is 3.47. The van der Waals surface area contributed by atoms with E-state index in [4.69, 9.17) is 5.26 Å². The summed E-state index contributed by atoms with van der Waals surface area (Å²) in [6.45, 7) is 7.72. The Morgan fingerprint density at radius 3 is 2.55 bits per heavy atom. The Kier molecular flexibility index (Phi) is 7.44. The van der Waals surface area contributed by atoms with Crippen molar-refractivity contribution in [1.82, 2.24) is 19.7 Å². The van der Waals surface area contributed by atoms with Gasteiger partial charge in [0.15, 0.2) is 0 Å². The first-order chi connectivity index (χ1) is 19.2. The molecule has 0 unspecified atom stereocenters. The van der Waals surface area contributed by atoms with Gasteiger partial charge in [0, 0.05) is 38.0 Å². The van der Waals surface area contributed by atoms with E-state index in [0.717, 1.165) is 56.6 Å². The number of aryl methyl sites for hydroxylation is 1. The Bertz CT molecular complexity index is 1420. The molecule has 40 heavy (non-hydrogen) atoms. The van der Waals surface area contributed by atoms with Crippen molar-refractivity contribution in [3.8, 4) is 6.57 Å². The number of nitriles is 1. The van der Waals surface area contributed by atoms with Crippen molar-refractivity contribution in [2.75, 3.05) is 18.0 Å². The summed E-state index contributed by atoms with van der Waals surface area (Å²) in [5, 5.41) is 14.9. The van der Waals surface area contributed by atoms with Crippen molar-refractivity contribution in [1.29, 1.82) is 5.26 Å². The van der Waals surface area contributed by atoms with Crippen LogP contribution < -0.4 is 4.90 Å². The fourth-order valence-corrected chi connectivity index (χ4v) is 6.57. The number of aromatic nitrogens is 3. The number of amides is 1. The highest BCUT2D eigenvalue weighted by Gasteiger charge is 2.45.